The largest absolute Gasteiger partial charge is 0.497 e. The number of likely N-dealkylation sites (N-methyl/N-ethyl adjacent to an activating group) is 1. The highest BCUT2D eigenvalue weighted by molar-refractivity contribution is 5.87. The van der Waals surface area contributed by atoms with Crippen molar-refractivity contribution < 1.29 is 14.3 Å². The van der Waals surface area contributed by atoms with Gasteiger partial charge in [-0.1, -0.05) is 42.0 Å². The Morgan fingerprint density at radius 2 is 1.64 bits per heavy atom. The van der Waals surface area contributed by atoms with Gasteiger partial charge in [0.25, 0.3) is 0 Å². The monoisotopic (exact) mass is 382 g/mol. The number of aryl methyl sites for hydroxylation is 2. The number of hydrogen-bond acceptors (Lipinski definition) is 3. The van der Waals surface area contributed by atoms with Gasteiger partial charge in [0.2, 0.25) is 11.8 Å². The maximum atomic E-state index is 13.0. The average molecular weight is 383 g/mol. The first-order chi connectivity index (χ1) is 13.4. The maximum absolute atomic E-state index is 13.0. The zero-order chi connectivity index (χ0) is 20.5. The Bertz CT molecular complexity index is 769. The lowest BCUT2D eigenvalue weighted by atomic mass is 10.1. The van der Waals surface area contributed by atoms with Gasteiger partial charge in [-0.25, -0.2) is 0 Å². The summed E-state index contributed by atoms with van der Waals surface area (Å²) in [4.78, 5) is 27.0. The van der Waals surface area contributed by atoms with Crippen molar-refractivity contribution in [3.63, 3.8) is 0 Å². The molecule has 0 aliphatic rings. The molecule has 5 nitrogen and oxygen atoms in total. The van der Waals surface area contributed by atoms with Crippen molar-refractivity contribution in [1.29, 1.82) is 0 Å². The van der Waals surface area contributed by atoms with Crippen LogP contribution in [-0.4, -0.2) is 36.4 Å². The van der Waals surface area contributed by atoms with Gasteiger partial charge in [-0.05, 0) is 50.5 Å². The first kappa shape index (κ1) is 21.5. The summed E-state index contributed by atoms with van der Waals surface area (Å²) in [5.74, 6) is 0.590. The molecule has 0 fully saturated rings. The number of rotatable bonds is 9. The SMILES string of the molecule is CCNC(=O)[C@H](C)N(Cc1ccc(OC)cc1)C(=O)CCc1ccc(C)cc1. The molecule has 0 aromatic heterocycles. The number of amides is 2. The number of ether oxygens (including phenoxy) is 1. The van der Waals surface area contributed by atoms with E-state index in [0.717, 1.165) is 16.9 Å². The molecule has 2 aromatic rings. The molecule has 1 atom stereocenters. The fourth-order valence-corrected chi connectivity index (χ4v) is 2.98. The molecule has 0 bridgehead atoms. The molecule has 0 heterocycles. The first-order valence-electron chi connectivity index (χ1n) is 9.70. The van der Waals surface area contributed by atoms with E-state index >= 15 is 0 Å². The molecule has 0 aliphatic carbocycles. The first-order valence-corrected chi connectivity index (χ1v) is 9.70. The number of nitrogens with one attached hydrogen (secondary N) is 1. The van der Waals surface area contributed by atoms with Gasteiger partial charge in [0.1, 0.15) is 11.8 Å². The number of carbonyl (C=O) groups excluding carboxylic acids is 2. The molecule has 0 unspecified atom stereocenters. The molecular weight excluding hydrogens is 352 g/mol. The van der Waals surface area contributed by atoms with E-state index < -0.39 is 6.04 Å². The highest BCUT2D eigenvalue weighted by atomic mass is 16.5. The molecule has 1 N–H and O–H groups in total. The third-order valence-electron chi connectivity index (χ3n) is 4.78. The number of methoxy groups -OCH3 is 1. The van der Waals surface area contributed by atoms with E-state index in [9.17, 15) is 9.59 Å². The molecule has 0 aliphatic heterocycles. The Morgan fingerprint density at radius 1 is 1.04 bits per heavy atom. The third-order valence-corrected chi connectivity index (χ3v) is 4.78. The quantitative estimate of drug-likeness (QED) is 0.722. The van der Waals surface area contributed by atoms with Crippen molar-refractivity contribution in [2.75, 3.05) is 13.7 Å². The summed E-state index contributed by atoms with van der Waals surface area (Å²) < 4.78 is 5.19. The van der Waals surface area contributed by atoms with Gasteiger partial charge in [-0.3, -0.25) is 9.59 Å². The molecule has 2 rings (SSSR count). The van der Waals surface area contributed by atoms with Gasteiger partial charge in [0.15, 0.2) is 0 Å². The van der Waals surface area contributed by atoms with Crippen molar-refractivity contribution in [2.45, 2.75) is 46.2 Å². The van der Waals surface area contributed by atoms with Crippen LogP contribution in [0.25, 0.3) is 0 Å². The molecule has 0 saturated heterocycles. The predicted octanol–water partition coefficient (Wildman–Crippen LogP) is 3.49. The van der Waals surface area contributed by atoms with E-state index in [4.69, 9.17) is 4.74 Å². The van der Waals surface area contributed by atoms with Crippen LogP contribution in [0.1, 0.15) is 37.0 Å². The summed E-state index contributed by atoms with van der Waals surface area (Å²) in [5, 5.41) is 2.81. The summed E-state index contributed by atoms with van der Waals surface area (Å²) in [6, 6.07) is 15.2. The zero-order valence-corrected chi connectivity index (χ0v) is 17.2. The molecule has 2 amide bonds. The van der Waals surface area contributed by atoms with E-state index in [2.05, 4.69) is 5.32 Å². The van der Waals surface area contributed by atoms with Crippen LogP contribution in [0.15, 0.2) is 48.5 Å². The fraction of sp³-hybridized carbons (Fsp3) is 0.391. The van der Waals surface area contributed by atoms with Crippen LogP contribution in [0.3, 0.4) is 0 Å². The van der Waals surface area contributed by atoms with E-state index in [1.807, 2.05) is 62.4 Å². The summed E-state index contributed by atoms with van der Waals surface area (Å²) in [7, 11) is 1.62. The van der Waals surface area contributed by atoms with E-state index in [-0.39, 0.29) is 11.8 Å². The van der Waals surface area contributed by atoms with E-state index in [1.54, 1.807) is 18.9 Å². The van der Waals surface area contributed by atoms with Crippen LogP contribution in [0, 0.1) is 6.92 Å². The van der Waals surface area contributed by atoms with Crippen LogP contribution < -0.4 is 10.1 Å². The minimum Gasteiger partial charge on any atom is -0.497 e. The van der Waals surface area contributed by atoms with Crippen LogP contribution in [0.5, 0.6) is 5.75 Å². The van der Waals surface area contributed by atoms with Crippen molar-refractivity contribution in [3.05, 3.63) is 65.2 Å². The second-order valence-electron chi connectivity index (χ2n) is 6.93. The minimum atomic E-state index is -0.535. The summed E-state index contributed by atoms with van der Waals surface area (Å²) >= 11 is 0. The van der Waals surface area contributed by atoms with Crippen molar-refractivity contribution in [1.82, 2.24) is 10.2 Å². The summed E-state index contributed by atoms with van der Waals surface area (Å²) in [6.07, 6.45) is 1.02. The highest BCUT2D eigenvalue weighted by Crippen LogP contribution is 2.16. The number of hydrogen-bond donors (Lipinski definition) is 1. The number of carbonyl (C=O) groups is 2. The second-order valence-corrected chi connectivity index (χ2v) is 6.93. The van der Waals surface area contributed by atoms with Crippen LogP contribution in [0.4, 0.5) is 0 Å². The fourth-order valence-electron chi connectivity index (χ4n) is 2.98. The molecule has 0 spiro atoms. The standard InChI is InChI=1S/C23H30N2O3/c1-5-24-23(27)18(3)25(16-20-10-13-21(28-4)14-11-20)22(26)15-12-19-8-6-17(2)7-9-19/h6-11,13-14,18H,5,12,15-16H2,1-4H3,(H,24,27)/t18-/m0/s1. The van der Waals surface area contributed by atoms with Gasteiger partial charge in [0.05, 0.1) is 7.11 Å². The van der Waals surface area contributed by atoms with Crippen LogP contribution in [0.2, 0.25) is 0 Å². The summed E-state index contributed by atoms with van der Waals surface area (Å²) in [5.41, 5.74) is 3.27. The highest BCUT2D eigenvalue weighted by Gasteiger charge is 2.25. The maximum Gasteiger partial charge on any atom is 0.242 e. The van der Waals surface area contributed by atoms with Gasteiger partial charge < -0.3 is 15.0 Å². The Hall–Kier alpha value is -2.82. The zero-order valence-electron chi connectivity index (χ0n) is 17.2. The molecular formula is C23H30N2O3. The Labute approximate surface area is 167 Å². The van der Waals surface area contributed by atoms with Crippen LogP contribution >= 0.6 is 0 Å². The normalized spacial score (nSPS) is 11.6. The molecule has 5 heteroatoms. The number of benzene rings is 2. The Morgan fingerprint density at radius 3 is 2.21 bits per heavy atom. The van der Waals surface area contributed by atoms with Gasteiger partial charge in [0, 0.05) is 19.5 Å². The van der Waals surface area contributed by atoms with Gasteiger partial charge >= 0.3 is 0 Å². The predicted molar refractivity (Wildman–Crippen MR) is 111 cm³/mol. The molecule has 28 heavy (non-hydrogen) atoms. The van der Waals surface area contributed by atoms with Crippen LogP contribution in [-0.2, 0) is 22.6 Å². The lowest BCUT2D eigenvalue weighted by Crippen LogP contribution is -2.47. The van der Waals surface area contributed by atoms with E-state index in [1.165, 1.54) is 5.56 Å². The lowest BCUT2D eigenvalue weighted by molar-refractivity contribution is -0.140. The van der Waals surface area contributed by atoms with E-state index in [0.29, 0.717) is 25.9 Å². The molecule has 150 valence electrons. The topological polar surface area (TPSA) is 58.6 Å². The summed E-state index contributed by atoms with van der Waals surface area (Å²) in [6.45, 7) is 6.61. The molecule has 0 radical (unpaired) electrons. The lowest BCUT2D eigenvalue weighted by Gasteiger charge is -2.29. The average Bonchev–Trinajstić information content (AvgIpc) is 2.71. The Kier molecular flexibility index (Phi) is 8.05. The van der Waals surface area contributed by atoms with Gasteiger partial charge in [-0.15, -0.1) is 0 Å². The second kappa shape index (κ2) is 10.5. The molecule has 2 aromatic carbocycles. The smallest absolute Gasteiger partial charge is 0.242 e. The third kappa shape index (κ3) is 6.12. The Balaban J connectivity index is 2.11. The number of nitrogens with zero attached hydrogens (tertiary/aromatic N) is 1. The van der Waals surface area contributed by atoms with Crippen molar-refractivity contribution >= 4 is 11.8 Å². The minimum absolute atomic E-state index is 0.0323. The van der Waals surface area contributed by atoms with Gasteiger partial charge in [-0.2, -0.15) is 0 Å². The van der Waals surface area contributed by atoms with Crippen molar-refractivity contribution in [3.8, 4) is 5.75 Å². The molecule has 0 saturated carbocycles. The van der Waals surface area contributed by atoms with Crippen molar-refractivity contribution in [2.24, 2.45) is 0 Å².